The lowest BCUT2D eigenvalue weighted by Gasteiger charge is -2.20. The molecule has 164 valence electrons. The molecule has 7 nitrogen and oxygen atoms in total. The molecule has 0 aliphatic rings. The molecule has 0 fully saturated rings. The number of ether oxygens (including phenoxy) is 2. The summed E-state index contributed by atoms with van der Waals surface area (Å²) in [4.78, 5) is 14.3. The van der Waals surface area contributed by atoms with Crippen LogP contribution in [0.2, 0.25) is 5.02 Å². The fourth-order valence-corrected chi connectivity index (χ4v) is 3.67. The average Bonchev–Trinajstić information content (AvgIpc) is 3.21. The van der Waals surface area contributed by atoms with Crippen molar-refractivity contribution in [1.82, 2.24) is 15.1 Å². The van der Waals surface area contributed by atoms with Gasteiger partial charge in [-0.05, 0) is 48.9 Å². The highest BCUT2D eigenvalue weighted by Crippen LogP contribution is 2.24. The number of aromatic nitrogens is 2. The van der Waals surface area contributed by atoms with Crippen LogP contribution in [0.15, 0.2) is 58.2 Å². The van der Waals surface area contributed by atoms with Crippen LogP contribution >= 0.6 is 23.4 Å². The summed E-state index contributed by atoms with van der Waals surface area (Å²) in [6, 6.07) is 14.8. The van der Waals surface area contributed by atoms with E-state index in [1.807, 2.05) is 31.2 Å². The van der Waals surface area contributed by atoms with Gasteiger partial charge in [-0.3, -0.25) is 4.79 Å². The van der Waals surface area contributed by atoms with Crippen molar-refractivity contribution in [2.24, 2.45) is 0 Å². The van der Waals surface area contributed by atoms with E-state index in [0.717, 1.165) is 11.3 Å². The maximum Gasteiger partial charge on any atom is 0.277 e. The smallest absolute Gasteiger partial charge is 0.277 e. The summed E-state index contributed by atoms with van der Waals surface area (Å²) in [5.41, 5.74) is 1.03. The molecule has 1 atom stereocenters. The first kappa shape index (κ1) is 23.0. The van der Waals surface area contributed by atoms with Crippen LogP contribution in [0, 0.1) is 0 Å². The summed E-state index contributed by atoms with van der Waals surface area (Å²) in [5.74, 6) is 1.96. The van der Waals surface area contributed by atoms with Crippen molar-refractivity contribution in [2.75, 3.05) is 27.3 Å². The van der Waals surface area contributed by atoms with Gasteiger partial charge in [0.2, 0.25) is 11.8 Å². The first-order chi connectivity index (χ1) is 14.9. The number of likely N-dealkylation sites (N-methyl/N-ethyl adjacent to an activating group) is 1. The molecule has 0 bridgehead atoms. The number of halogens is 1. The molecule has 0 N–H and O–H groups in total. The highest BCUT2D eigenvalue weighted by molar-refractivity contribution is 8.00. The Kier molecular flexibility index (Phi) is 8.20. The Labute approximate surface area is 190 Å². The van der Waals surface area contributed by atoms with E-state index < -0.39 is 0 Å². The molecule has 9 heteroatoms. The number of nitrogens with zero attached hydrogens (tertiary/aromatic N) is 3. The Morgan fingerprint density at radius 3 is 2.48 bits per heavy atom. The molecular weight excluding hydrogens is 438 g/mol. The van der Waals surface area contributed by atoms with Gasteiger partial charge in [-0.2, -0.15) is 0 Å². The lowest BCUT2D eigenvalue weighted by molar-refractivity contribution is -0.129. The number of thioether (sulfide) groups is 1. The Balaban J connectivity index is 1.45. The van der Waals surface area contributed by atoms with Gasteiger partial charge in [0, 0.05) is 12.1 Å². The van der Waals surface area contributed by atoms with Gasteiger partial charge in [0.1, 0.15) is 18.1 Å². The topological polar surface area (TPSA) is 77.7 Å². The predicted octanol–water partition coefficient (Wildman–Crippen LogP) is 4.34. The number of methoxy groups -OCH3 is 1. The second kappa shape index (κ2) is 11.1. The Morgan fingerprint density at radius 2 is 1.81 bits per heavy atom. The quantitative estimate of drug-likeness (QED) is 0.415. The van der Waals surface area contributed by atoms with E-state index >= 15 is 0 Å². The molecule has 3 aromatic rings. The molecular formula is C22H24ClN3O4S. The van der Waals surface area contributed by atoms with Crippen molar-refractivity contribution in [3.8, 4) is 11.5 Å². The molecule has 0 saturated heterocycles. The summed E-state index contributed by atoms with van der Waals surface area (Å²) < 4.78 is 16.5. The molecule has 1 amide bonds. The van der Waals surface area contributed by atoms with Gasteiger partial charge in [-0.1, -0.05) is 35.5 Å². The molecule has 0 saturated carbocycles. The van der Waals surface area contributed by atoms with Gasteiger partial charge in [0.05, 0.1) is 25.3 Å². The second-order valence-electron chi connectivity index (χ2n) is 6.81. The monoisotopic (exact) mass is 461 g/mol. The fraction of sp³-hybridized carbons (Fsp3) is 0.318. The third-order valence-electron chi connectivity index (χ3n) is 4.47. The van der Waals surface area contributed by atoms with Crippen LogP contribution in [0.3, 0.4) is 0 Å². The van der Waals surface area contributed by atoms with E-state index in [9.17, 15) is 4.79 Å². The SMILES string of the molecule is COc1ccc(Cc2nnc(SC(C)C(=O)N(C)CCOc3ccc(Cl)cc3)o2)cc1. The molecule has 0 radical (unpaired) electrons. The van der Waals surface area contributed by atoms with Gasteiger partial charge in [-0.25, -0.2) is 0 Å². The van der Waals surface area contributed by atoms with Crippen molar-refractivity contribution in [2.45, 2.75) is 23.8 Å². The number of hydrogen-bond acceptors (Lipinski definition) is 7. The van der Waals surface area contributed by atoms with Crippen molar-refractivity contribution >= 4 is 29.3 Å². The van der Waals surface area contributed by atoms with Crippen LogP contribution in [0.1, 0.15) is 18.4 Å². The molecule has 0 aliphatic heterocycles. The minimum atomic E-state index is -0.366. The van der Waals surface area contributed by atoms with Gasteiger partial charge >= 0.3 is 0 Å². The number of amides is 1. The van der Waals surface area contributed by atoms with E-state index in [2.05, 4.69) is 10.2 Å². The van der Waals surface area contributed by atoms with E-state index in [1.54, 1.807) is 43.3 Å². The Morgan fingerprint density at radius 1 is 1.13 bits per heavy atom. The predicted molar refractivity (Wildman–Crippen MR) is 120 cm³/mol. The molecule has 2 aromatic carbocycles. The third-order valence-corrected chi connectivity index (χ3v) is 5.65. The van der Waals surface area contributed by atoms with Crippen molar-refractivity contribution < 1.29 is 18.7 Å². The van der Waals surface area contributed by atoms with Crippen LogP contribution in [0.4, 0.5) is 0 Å². The minimum Gasteiger partial charge on any atom is -0.497 e. The van der Waals surface area contributed by atoms with Crippen LogP contribution in [0.5, 0.6) is 11.5 Å². The lowest BCUT2D eigenvalue weighted by Crippen LogP contribution is -2.36. The molecule has 31 heavy (non-hydrogen) atoms. The van der Waals surface area contributed by atoms with Crippen LogP contribution in [-0.4, -0.2) is 53.6 Å². The molecule has 1 unspecified atom stereocenters. The maximum atomic E-state index is 12.6. The Bertz CT molecular complexity index is 979. The highest BCUT2D eigenvalue weighted by atomic mass is 35.5. The minimum absolute atomic E-state index is 0.0420. The largest absolute Gasteiger partial charge is 0.497 e. The first-order valence-electron chi connectivity index (χ1n) is 9.70. The number of hydrogen-bond donors (Lipinski definition) is 0. The van der Waals surface area contributed by atoms with E-state index in [1.165, 1.54) is 11.8 Å². The maximum absolute atomic E-state index is 12.6. The normalized spacial score (nSPS) is 11.7. The third kappa shape index (κ3) is 6.90. The first-order valence-corrected chi connectivity index (χ1v) is 11.0. The van der Waals surface area contributed by atoms with Gasteiger partial charge in [0.25, 0.3) is 5.22 Å². The number of rotatable bonds is 10. The van der Waals surface area contributed by atoms with Crippen LogP contribution in [0.25, 0.3) is 0 Å². The number of benzene rings is 2. The van der Waals surface area contributed by atoms with Gasteiger partial charge in [0.15, 0.2) is 0 Å². The summed E-state index contributed by atoms with van der Waals surface area (Å²) in [6.45, 7) is 2.66. The highest BCUT2D eigenvalue weighted by Gasteiger charge is 2.21. The summed E-state index contributed by atoms with van der Waals surface area (Å²) in [7, 11) is 3.37. The lowest BCUT2D eigenvalue weighted by atomic mass is 10.1. The van der Waals surface area contributed by atoms with Crippen LogP contribution < -0.4 is 9.47 Å². The zero-order chi connectivity index (χ0) is 22.2. The van der Waals surface area contributed by atoms with Crippen molar-refractivity contribution in [3.63, 3.8) is 0 Å². The van der Waals surface area contributed by atoms with Crippen molar-refractivity contribution in [1.29, 1.82) is 0 Å². The zero-order valence-electron chi connectivity index (χ0n) is 17.6. The second-order valence-corrected chi connectivity index (χ2v) is 8.54. The zero-order valence-corrected chi connectivity index (χ0v) is 19.2. The molecule has 1 heterocycles. The Hall–Kier alpha value is -2.71. The number of carbonyl (C=O) groups is 1. The van der Waals surface area contributed by atoms with E-state index in [-0.39, 0.29) is 11.2 Å². The van der Waals surface area contributed by atoms with Crippen LogP contribution in [-0.2, 0) is 11.2 Å². The van der Waals surface area contributed by atoms with E-state index in [0.29, 0.717) is 41.5 Å². The molecule has 3 rings (SSSR count). The summed E-state index contributed by atoms with van der Waals surface area (Å²) in [6.07, 6.45) is 0.516. The van der Waals surface area contributed by atoms with Crippen molar-refractivity contribution in [3.05, 3.63) is 65.0 Å². The summed E-state index contributed by atoms with van der Waals surface area (Å²) >= 11 is 7.10. The molecule has 1 aromatic heterocycles. The summed E-state index contributed by atoms with van der Waals surface area (Å²) in [5, 5.41) is 8.79. The van der Waals surface area contributed by atoms with Gasteiger partial charge in [-0.15, -0.1) is 10.2 Å². The average molecular weight is 462 g/mol. The number of carbonyl (C=O) groups excluding carboxylic acids is 1. The van der Waals surface area contributed by atoms with E-state index in [4.69, 9.17) is 25.5 Å². The molecule has 0 aliphatic carbocycles. The molecule has 0 spiro atoms. The standard InChI is InChI=1S/C22H24ClN3O4S/c1-15(21(27)26(2)12-13-29-19-10-6-17(23)7-11-19)31-22-25-24-20(30-22)14-16-4-8-18(28-3)9-5-16/h4-11,15H,12-14H2,1-3H3. The van der Waals surface area contributed by atoms with Gasteiger partial charge < -0.3 is 18.8 Å². The fourth-order valence-electron chi connectivity index (χ4n) is 2.73.